The second kappa shape index (κ2) is 4.83. The number of rotatable bonds is 0. The van der Waals surface area contributed by atoms with Crippen LogP contribution in [0.3, 0.4) is 0 Å². The van der Waals surface area contributed by atoms with Crippen LogP contribution in [0.15, 0.2) is 12.1 Å². The molecule has 0 saturated carbocycles. The summed E-state index contributed by atoms with van der Waals surface area (Å²) in [5.41, 5.74) is 1.77. The van der Waals surface area contributed by atoms with Gasteiger partial charge in [0.1, 0.15) is 5.78 Å². The zero-order valence-electron chi connectivity index (χ0n) is 12.0. The number of amides is 1. The number of ketones is 2. The lowest BCUT2D eigenvalue weighted by Crippen LogP contribution is -2.35. The number of carbonyl (C=O) groups is 3. The van der Waals surface area contributed by atoms with Gasteiger partial charge in [-0.25, -0.2) is 0 Å². The van der Waals surface area contributed by atoms with Crippen molar-refractivity contribution in [3.8, 4) is 11.5 Å². The average Bonchev–Trinajstić information content (AvgIpc) is 2.89. The van der Waals surface area contributed by atoms with Gasteiger partial charge in [-0.1, -0.05) is 0 Å². The maximum atomic E-state index is 12.5. The molecule has 4 rings (SSSR count). The first-order valence-corrected chi connectivity index (χ1v) is 7.40. The molecule has 0 radical (unpaired) electrons. The van der Waals surface area contributed by atoms with Gasteiger partial charge in [0, 0.05) is 31.8 Å². The van der Waals surface area contributed by atoms with Gasteiger partial charge in [-0.2, -0.15) is 0 Å². The molecule has 3 heterocycles. The van der Waals surface area contributed by atoms with Crippen molar-refractivity contribution in [1.29, 1.82) is 0 Å². The minimum Gasteiger partial charge on any atom is -0.454 e. The number of Topliss-reactive ketones (excluding diaryl/α,β-unsaturated/α-hetero) is 2. The van der Waals surface area contributed by atoms with E-state index in [4.69, 9.17) is 9.47 Å². The number of nitrogens with zero attached hydrogens (tertiary/aromatic N) is 1. The Bertz CT molecular complexity index is 696. The molecule has 1 amide bonds. The predicted molar refractivity (Wildman–Crippen MR) is 74.6 cm³/mol. The van der Waals surface area contributed by atoms with Crippen LogP contribution < -0.4 is 9.47 Å². The van der Waals surface area contributed by atoms with Crippen molar-refractivity contribution in [2.24, 2.45) is 0 Å². The molecular weight excluding hydrogens is 286 g/mol. The van der Waals surface area contributed by atoms with Gasteiger partial charge < -0.3 is 14.4 Å². The van der Waals surface area contributed by atoms with E-state index in [0.717, 1.165) is 11.1 Å². The summed E-state index contributed by atoms with van der Waals surface area (Å²) in [6.07, 6.45) is 0.673. The van der Waals surface area contributed by atoms with E-state index in [1.54, 1.807) is 4.90 Å². The fraction of sp³-hybridized carbons (Fsp3) is 0.438. The summed E-state index contributed by atoms with van der Waals surface area (Å²) in [5.74, 6) is 0.0440. The smallest absolute Gasteiger partial charge is 0.290 e. The summed E-state index contributed by atoms with van der Waals surface area (Å²) >= 11 is 0. The average molecular weight is 301 g/mol. The third-order valence-corrected chi connectivity index (χ3v) is 4.57. The molecule has 3 aliphatic heterocycles. The molecule has 3 aliphatic rings. The highest BCUT2D eigenvalue weighted by molar-refractivity contribution is 6.36. The number of fused-ring (bicyclic) bond motifs is 6. The molecule has 1 atom stereocenters. The molecule has 1 aromatic rings. The molecule has 1 fully saturated rings. The van der Waals surface area contributed by atoms with E-state index >= 15 is 0 Å². The lowest BCUT2D eigenvalue weighted by atomic mass is 9.86. The number of benzene rings is 1. The highest BCUT2D eigenvalue weighted by atomic mass is 16.7. The third kappa shape index (κ3) is 1.98. The highest BCUT2D eigenvalue weighted by Crippen LogP contribution is 2.41. The first-order valence-electron chi connectivity index (χ1n) is 7.40. The monoisotopic (exact) mass is 301 g/mol. The quantitative estimate of drug-likeness (QED) is 0.672. The Morgan fingerprint density at radius 1 is 1.05 bits per heavy atom. The van der Waals surface area contributed by atoms with Crippen molar-refractivity contribution >= 4 is 17.5 Å². The van der Waals surface area contributed by atoms with Crippen LogP contribution in [0, 0.1) is 0 Å². The van der Waals surface area contributed by atoms with Crippen LogP contribution >= 0.6 is 0 Å². The van der Waals surface area contributed by atoms with Crippen LogP contribution in [0.4, 0.5) is 0 Å². The molecule has 0 aromatic heterocycles. The normalized spacial score (nSPS) is 23.7. The van der Waals surface area contributed by atoms with Crippen LogP contribution in [0.2, 0.25) is 0 Å². The number of hydrogen-bond acceptors (Lipinski definition) is 5. The van der Waals surface area contributed by atoms with E-state index < -0.39 is 11.7 Å². The summed E-state index contributed by atoms with van der Waals surface area (Å²) in [4.78, 5) is 38.1. The van der Waals surface area contributed by atoms with Crippen molar-refractivity contribution in [3.63, 3.8) is 0 Å². The van der Waals surface area contributed by atoms with Gasteiger partial charge in [-0.05, 0) is 29.7 Å². The number of carbonyl (C=O) groups excluding carboxylic acids is 3. The van der Waals surface area contributed by atoms with E-state index in [1.165, 1.54) is 0 Å². The van der Waals surface area contributed by atoms with Crippen molar-refractivity contribution in [2.45, 2.75) is 31.7 Å². The second-order valence-electron chi connectivity index (χ2n) is 5.86. The SMILES string of the molecule is O=C1CCC(=O)[C@H]2CCN(Cc3cc4c(cc32)OCO4)C1=O. The third-order valence-electron chi connectivity index (χ3n) is 4.57. The fourth-order valence-electron chi connectivity index (χ4n) is 3.39. The minimum atomic E-state index is -0.487. The van der Waals surface area contributed by atoms with E-state index in [9.17, 15) is 14.4 Å². The van der Waals surface area contributed by atoms with Crippen molar-refractivity contribution in [1.82, 2.24) is 4.90 Å². The van der Waals surface area contributed by atoms with Gasteiger partial charge in [0.05, 0.1) is 0 Å². The molecule has 114 valence electrons. The van der Waals surface area contributed by atoms with Crippen LogP contribution in [-0.2, 0) is 20.9 Å². The Morgan fingerprint density at radius 3 is 2.64 bits per heavy atom. The molecule has 1 aromatic carbocycles. The molecule has 0 aliphatic carbocycles. The lowest BCUT2D eigenvalue weighted by Gasteiger charge is -2.20. The molecule has 1 saturated heterocycles. The summed E-state index contributed by atoms with van der Waals surface area (Å²) in [6, 6.07) is 3.69. The molecule has 0 spiro atoms. The van der Waals surface area contributed by atoms with E-state index in [1.807, 2.05) is 12.1 Å². The van der Waals surface area contributed by atoms with Crippen LogP contribution in [0.25, 0.3) is 0 Å². The zero-order valence-corrected chi connectivity index (χ0v) is 12.0. The fourth-order valence-corrected chi connectivity index (χ4v) is 3.39. The predicted octanol–water partition coefficient (Wildman–Crippen LogP) is 1.16. The summed E-state index contributed by atoms with van der Waals surface area (Å²) in [7, 11) is 0. The van der Waals surface area contributed by atoms with Crippen LogP contribution in [-0.4, -0.2) is 35.7 Å². The van der Waals surface area contributed by atoms with Gasteiger partial charge in [0.2, 0.25) is 12.6 Å². The Morgan fingerprint density at radius 2 is 1.82 bits per heavy atom. The molecule has 22 heavy (non-hydrogen) atoms. The van der Waals surface area contributed by atoms with E-state index in [2.05, 4.69) is 0 Å². The standard InChI is InChI=1S/C16H15NO5/c18-12-1-2-13(19)16(20)17-4-3-10(12)11-6-15-14(21-8-22-15)5-9(11)7-17/h5-6,10H,1-4,7-8H2/t10-/m0/s1. The van der Waals surface area contributed by atoms with Crippen molar-refractivity contribution < 1.29 is 23.9 Å². The summed E-state index contributed by atoms with van der Waals surface area (Å²) in [6.45, 7) is 0.917. The molecule has 0 N–H and O–H groups in total. The lowest BCUT2D eigenvalue weighted by molar-refractivity contribution is -0.145. The second-order valence-corrected chi connectivity index (χ2v) is 5.86. The van der Waals surface area contributed by atoms with Crippen LogP contribution in [0.1, 0.15) is 36.3 Å². The molecule has 0 unspecified atom stereocenters. The van der Waals surface area contributed by atoms with Crippen LogP contribution in [0.5, 0.6) is 11.5 Å². The van der Waals surface area contributed by atoms with Crippen molar-refractivity contribution in [2.75, 3.05) is 13.3 Å². The zero-order chi connectivity index (χ0) is 15.3. The van der Waals surface area contributed by atoms with E-state index in [-0.39, 0.29) is 31.3 Å². The number of ether oxygens (including phenoxy) is 2. The van der Waals surface area contributed by atoms with Crippen molar-refractivity contribution in [3.05, 3.63) is 23.3 Å². The Balaban J connectivity index is 1.85. The topological polar surface area (TPSA) is 72.9 Å². The van der Waals surface area contributed by atoms with Gasteiger partial charge in [0.25, 0.3) is 5.91 Å². The molecule has 6 heteroatoms. The maximum Gasteiger partial charge on any atom is 0.290 e. The van der Waals surface area contributed by atoms with Gasteiger partial charge >= 0.3 is 0 Å². The van der Waals surface area contributed by atoms with E-state index in [0.29, 0.717) is 31.0 Å². The molecule has 2 bridgehead atoms. The maximum absolute atomic E-state index is 12.5. The summed E-state index contributed by atoms with van der Waals surface area (Å²) < 4.78 is 10.8. The number of hydrogen-bond donors (Lipinski definition) is 0. The first-order chi connectivity index (χ1) is 10.6. The van der Waals surface area contributed by atoms with Gasteiger partial charge in [-0.3, -0.25) is 14.4 Å². The Kier molecular flexibility index (Phi) is 2.92. The Labute approximate surface area is 127 Å². The van der Waals surface area contributed by atoms with Gasteiger partial charge in [0.15, 0.2) is 11.5 Å². The summed E-state index contributed by atoms with van der Waals surface area (Å²) in [5, 5.41) is 0. The Hall–Kier alpha value is -2.37. The largest absolute Gasteiger partial charge is 0.454 e. The first kappa shape index (κ1) is 13.3. The molecule has 6 nitrogen and oxygen atoms in total. The molecular formula is C16H15NO5. The van der Waals surface area contributed by atoms with Gasteiger partial charge in [-0.15, -0.1) is 0 Å². The minimum absolute atomic E-state index is 0.00452. The highest BCUT2D eigenvalue weighted by Gasteiger charge is 2.35.